The first kappa shape index (κ1) is 13.8. The first-order valence-corrected chi connectivity index (χ1v) is 5.87. The number of carboxylic acids is 1. The lowest BCUT2D eigenvalue weighted by molar-refractivity contribution is -0.142. The summed E-state index contributed by atoms with van der Waals surface area (Å²) in [7, 11) is 0. The molecule has 0 spiro atoms. The van der Waals surface area contributed by atoms with E-state index in [-0.39, 0.29) is 12.0 Å². The highest BCUT2D eigenvalue weighted by molar-refractivity contribution is 5.81. The van der Waals surface area contributed by atoms with E-state index in [1.54, 1.807) is 20.8 Å². The van der Waals surface area contributed by atoms with Crippen molar-refractivity contribution in [1.29, 1.82) is 0 Å². The number of aliphatic carboxylic acids is 1. The highest BCUT2D eigenvalue weighted by atomic mass is 16.6. The van der Waals surface area contributed by atoms with Gasteiger partial charge in [0, 0.05) is 6.04 Å². The number of rotatable bonds is 1. The van der Waals surface area contributed by atoms with Crippen LogP contribution < -0.4 is 0 Å². The van der Waals surface area contributed by atoms with Crippen molar-refractivity contribution in [3.05, 3.63) is 0 Å². The number of likely N-dealkylation sites (tertiary alicyclic amines) is 1. The molecule has 1 amide bonds. The average molecular weight is 243 g/mol. The molecule has 0 aromatic carbocycles. The quantitative estimate of drug-likeness (QED) is 0.766. The molecular weight excluding hydrogens is 222 g/mol. The van der Waals surface area contributed by atoms with E-state index in [1.165, 1.54) is 4.90 Å². The topological polar surface area (TPSA) is 66.8 Å². The molecule has 0 radical (unpaired) electrons. The standard InChI is InChI=1S/C12H21NO4/c1-7-6-9(10(14)15)13(8(7)2)11(16)17-12(3,4)5/h7-9H,6H2,1-5H3,(H,14,15)/t7-,8-,9?/m1/s1. The monoisotopic (exact) mass is 243 g/mol. The van der Waals surface area contributed by atoms with Crippen LogP contribution in [0.3, 0.4) is 0 Å². The van der Waals surface area contributed by atoms with Gasteiger partial charge in [-0.05, 0) is 40.0 Å². The van der Waals surface area contributed by atoms with Crippen LogP contribution in [-0.2, 0) is 9.53 Å². The molecule has 0 aromatic rings. The van der Waals surface area contributed by atoms with E-state index >= 15 is 0 Å². The number of carboxylic acid groups (broad SMARTS) is 1. The number of carbonyl (C=O) groups is 2. The summed E-state index contributed by atoms with van der Waals surface area (Å²) >= 11 is 0. The van der Waals surface area contributed by atoms with E-state index < -0.39 is 23.7 Å². The molecule has 1 rings (SSSR count). The molecule has 17 heavy (non-hydrogen) atoms. The molecule has 0 aromatic heterocycles. The molecule has 3 atom stereocenters. The van der Waals surface area contributed by atoms with Gasteiger partial charge in [-0.2, -0.15) is 0 Å². The maximum Gasteiger partial charge on any atom is 0.411 e. The minimum atomic E-state index is -0.966. The third kappa shape index (κ3) is 3.11. The fourth-order valence-corrected chi connectivity index (χ4v) is 2.05. The third-order valence-corrected chi connectivity index (χ3v) is 3.08. The van der Waals surface area contributed by atoms with E-state index in [1.807, 2.05) is 13.8 Å². The second kappa shape index (κ2) is 4.55. The molecule has 5 nitrogen and oxygen atoms in total. The molecule has 0 bridgehead atoms. The Morgan fingerprint density at radius 1 is 1.29 bits per heavy atom. The molecular formula is C12H21NO4. The van der Waals surface area contributed by atoms with Gasteiger partial charge < -0.3 is 9.84 Å². The fraction of sp³-hybridized carbons (Fsp3) is 0.833. The van der Waals surface area contributed by atoms with Gasteiger partial charge in [0.2, 0.25) is 0 Å². The van der Waals surface area contributed by atoms with Gasteiger partial charge >= 0.3 is 12.1 Å². The highest BCUT2D eigenvalue weighted by Crippen LogP contribution is 2.31. The summed E-state index contributed by atoms with van der Waals surface area (Å²) in [5.41, 5.74) is -0.605. The van der Waals surface area contributed by atoms with Crippen molar-refractivity contribution in [1.82, 2.24) is 4.90 Å². The van der Waals surface area contributed by atoms with Crippen LogP contribution in [0.25, 0.3) is 0 Å². The van der Waals surface area contributed by atoms with Gasteiger partial charge in [-0.1, -0.05) is 6.92 Å². The highest BCUT2D eigenvalue weighted by Gasteiger charge is 2.44. The van der Waals surface area contributed by atoms with Gasteiger partial charge in [0.05, 0.1) is 0 Å². The van der Waals surface area contributed by atoms with Crippen molar-refractivity contribution >= 4 is 12.1 Å². The summed E-state index contributed by atoms with van der Waals surface area (Å²) in [6.45, 7) is 9.11. The second-order valence-corrected chi connectivity index (χ2v) is 5.70. The number of ether oxygens (including phenoxy) is 1. The molecule has 0 saturated carbocycles. The van der Waals surface area contributed by atoms with Gasteiger partial charge in [-0.15, -0.1) is 0 Å². The number of hydrogen-bond donors (Lipinski definition) is 1. The normalized spacial score (nSPS) is 29.2. The van der Waals surface area contributed by atoms with Gasteiger partial charge in [-0.25, -0.2) is 9.59 Å². The Kier molecular flexibility index (Phi) is 3.69. The van der Waals surface area contributed by atoms with Crippen LogP contribution in [0.4, 0.5) is 4.79 Å². The molecule has 1 saturated heterocycles. The van der Waals surface area contributed by atoms with Crippen molar-refractivity contribution in [2.75, 3.05) is 0 Å². The Hall–Kier alpha value is -1.26. The summed E-state index contributed by atoms with van der Waals surface area (Å²) in [6, 6.07) is -0.874. The molecule has 1 aliphatic rings. The number of nitrogens with zero attached hydrogens (tertiary/aromatic N) is 1. The van der Waals surface area contributed by atoms with Crippen LogP contribution in [-0.4, -0.2) is 39.8 Å². The molecule has 1 fully saturated rings. The van der Waals surface area contributed by atoms with Crippen LogP contribution in [0, 0.1) is 5.92 Å². The SMILES string of the molecule is C[C@@H]1CC(C(=O)O)N(C(=O)OC(C)(C)C)[C@@H]1C. The van der Waals surface area contributed by atoms with E-state index in [4.69, 9.17) is 9.84 Å². The lowest BCUT2D eigenvalue weighted by Gasteiger charge is -2.30. The lowest BCUT2D eigenvalue weighted by atomic mass is 10.0. The van der Waals surface area contributed by atoms with Crippen molar-refractivity contribution < 1.29 is 19.4 Å². The number of hydrogen-bond acceptors (Lipinski definition) is 3. The summed E-state index contributed by atoms with van der Waals surface area (Å²) in [6.07, 6.45) is -0.0582. The minimum absolute atomic E-state index is 0.106. The first-order chi connectivity index (χ1) is 7.63. The van der Waals surface area contributed by atoms with E-state index in [0.29, 0.717) is 6.42 Å². The zero-order chi connectivity index (χ0) is 13.4. The summed E-state index contributed by atoms with van der Waals surface area (Å²) in [5.74, 6) is -0.796. The lowest BCUT2D eigenvalue weighted by Crippen LogP contribution is -2.46. The van der Waals surface area contributed by atoms with E-state index in [0.717, 1.165) is 0 Å². The van der Waals surface area contributed by atoms with Crippen molar-refractivity contribution in [2.45, 2.75) is 58.7 Å². The smallest absolute Gasteiger partial charge is 0.411 e. The molecule has 1 heterocycles. The average Bonchev–Trinajstić information content (AvgIpc) is 2.40. The van der Waals surface area contributed by atoms with Gasteiger partial charge in [0.25, 0.3) is 0 Å². The van der Waals surface area contributed by atoms with Gasteiger partial charge in [-0.3, -0.25) is 4.90 Å². The Morgan fingerprint density at radius 2 is 1.82 bits per heavy atom. The van der Waals surface area contributed by atoms with Crippen LogP contribution in [0.2, 0.25) is 0 Å². The predicted octanol–water partition coefficient (Wildman–Crippen LogP) is 2.10. The number of carbonyl (C=O) groups excluding carboxylic acids is 1. The zero-order valence-electron chi connectivity index (χ0n) is 11.1. The van der Waals surface area contributed by atoms with Crippen molar-refractivity contribution in [2.24, 2.45) is 5.92 Å². The molecule has 1 N–H and O–H groups in total. The Bertz CT molecular complexity index is 321. The maximum atomic E-state index is 12.0. The summed E-state index contributed by atoms with van der Waals surface area (Å²) in [4.78, 5) is 24.4. The molecule has 1 unspecified atom stereocenters. The molecule has 98 valence electrons. The molecule has 5 heteroatoms. The van der Waals surface area contributed by atoms with Crippen LogP contribution >= 0.6 is 0 Å². The van der Waals surface area contributed by atoms with Crippen LogP contribution in [0.5, 0.6) is 0 Å². The van der Waals surface area contributed by atoms with Gasteiger partial charge in [0.1, 0.15) is 11.6 Å². The third-order valence-electron chi connectivity index (χ3n) is 3.08. The Morgan fingerprint density at radius 3 is 2.24 bits per heavy atom. The summed E-state index contributed by atoms with van der Waals surface area (Å²) < 4.78 is 5.24. The van der Waals surface area contributed by atoms with Crippen LogP contribution in [0.15, 0.2) is 0 Å². The van der Waals surface area contributed by atoms with E-state index in [2.05, 4.69) is 0 Å². The van der Waals surface area contributed by atoms with Gasteiger partial charge in [0.15, 0.2) is 0 Å². The van der Waals surface area contributed by atoms with Crippen molar-refractivity contribution in [3.8, 4) is 0 Å². The van der Waals surface area contributed by atoms with Crippen LogP contribution in [0.1, 0.15) is 41.0 Å². The predicted molar refractivity (Wildman–Crippen MR) is 62.7 cm³/mol. The van der Waals surface area contributed by atoms with Crippen molar-refractivity contribution in [3.63, 3.8) is 0 Å². The number of amides is 1. The minimum Gasteiger partial charge on any atom is -0.480 e. The largest absolute Gasteiger partial charge is 0.480 e. The second-order valence-electron chi connectivity index (χ2n) is 5.70. The Balaban J connectivity index is 2.85. The van der Waals surface area contributed by atoms with E-state index in [9.17, 15) is 9.59 Å². The Labute approximate surface area is 102 Å². The molecule has 0 aliphatic carbocycles. The molecule has 1 aliphatic heterocycles. The zero-order valence-corrected chi connectivity index (χ0v) is 11.1. The first-order valence-electron chi connectivity index (χ1n) is 5.87. The summed E-state index contributed by atoms with van der Waals surface area (Å²) in [5, 5.41) is 9.12. The fourth-order valence-electron chi connectivity index (χ4n) is 2.05. The maximum absolute atomic E-state index is 12.0.